The number of fused-ring (bicyclic) bond motifs is 1. The van der Waals surface area contributed by atoms with Crippen LogP contribution in [0.5, 0.6) is 0 Å². The van der Waals surface area contributed by atoms with Crippen molar-refractivity contribution in [1.29, 1.82) is 5.26 Å². The van der Waals surface area contributed by atoms with Crippen molar-refractivity contribution in [2.24, 2.45) is 0 Å². The highest BCUT2D eigenvalue weighted by Gasteiger charge is 2.27. The van der Waals surface area contributed by atoms with Gasteiger partial charge in [0, 0.05) is 12.1 Å². The van der Waals surface area contributed by atoms with E-state index in [9.17, 15) is 0 Å². The zero-order valence-electron chi connectivity index (χ0n) is 8.66. The van der Waals surface area contributed by atoms with Crippen molar-refractivity contribution in [3.05, 3.63) is 17.0 Å². The van der Waals surface area contributed by atoms with Gasteiger partial charge in [-0.1, -0.05) is 0 Å². The molecule has 0 unspecified atom stereocenters. The molecule has 1 aromatic heterocycles. The molecular weight excluding hydrogens is 188 g/mol. The van der Waals surface area contributed by atoms with Crippen molar-refractivity contribution in [3.63, 3.8) is 0 Å². The predicted molar refractivity (Wildman–Crippen MR) is 55.2 cm³/mol. The molecule has 4 nitrogen and oxygen atoms in total. The summed E-state index contributed by atoms with van der Waals surface area (Å²) in [6, 6.07) is 2.78. The molecule has 0 amide bonds. The van der Waals surface area contributed by atoms with E-state index in [1.807, 2.05) is 0 Å². The Morgan fingerprint density at radius 2 is 2.33 bits per heavy atom. The summed E-state index contributed by atoms with van der Waals surface area (Å²) < 4.78 is 2.10. The largest absolute Gasteiger partial charge is 0.311 e. The Morgan fingerprint density at radius 3 is 3.00 bits per heavy atom. The van der Waals surface area contributed by atoms with E-state index >= 15 is 0 Å². The average molecular weight is 202 g/mol. The number of nitrogens with zero attached hydrogens (tertiary/aromatic N) is 3. The van der Waals surface area contributed by atoms with Crippen molar-refractivity contribution in [2.75, 3.05) is 6.54 Å². The summed E-state index contributed by atoms with van der Waals surface area (Å²) in [7, 11) is 0. The Hall–Kier alpha value is -1.34. The van der Waals surface area contributed by atoms with Crippen LogP contribution < -0.4 is 5.32 Å². The van der Waals surface area contributed by atoms with Crippen LogP contribution in [0.25, 0.3) is 0 Å². The van der Waals surface area contributed by atoms with Gasteiger partial charge >= 0.3 is 0 Å². The number of hydrogen-bond donors (Lipinski definition) is 1. The Balaban J connectivity index is 2.06. The van der Waals surface area contributed by atoms with Crippen LogP contribution in [0.2, 0.25) is 0 Å². The van der Waals surface area contributed by atoms with Gasteiger partial charge in [0.1, 0.15) is 6.07 Å². The molecule has 0 atom stereocenters. The van der Waals surface area contributed by atoms with Crippen molar-refractivity contribution in [3.8, 4) is 6.07 Å². The second kappa shape index (κ2) is 3.35. The smallest absolute Gasteiger partial charge is 0.166 e. The van der Waals surface area contributed by atoms with Gasteiger partial charge in [0.2, 0.25) is 0 Å². The normalized spacial score (nSPS) is 20.5. The highest BCUT2D eigenvalue weighted by Crippen LogP contribution is 2.34. The van der Waals surface area contributed by atoms with Gasteiger partial charge in [-0.15, -0.1) is 0 Å². The van der Waals surface area contributed by atoms with Crippen molar-refractivity contribution in [2.45, 2.75) is 38.3 Å². The maximum absolute atomic E-state index is 9.03. The van der Waals surface area contributed by atoms with Gasteiger partial charge < -0.3 is 5.32 Å². The molecule has 1 saturated carbocycles. The zero-order valence-corrected chi connectivity index (χ0v) is 8.66. The van der Waals surface area contributed by atoms with Crippen LogP contribution in [-0.2, 0) is 13.0 Å². The summed E-state index contributed by atoms with van der Waals surface area (Å²) in [5.74, 6) is 0. The Kier molecular flexibility index (Phi) is 2.00. The molecule has 1 fully saturated rings. The lowest BCUT2D eigenvalue weighted by Crippen LogP contribution is -2.28. The van der Waals surface area contributed by atoms with E-state index in [1.165, 1.54) is 30.5 Å². The minimum atomic E-state index is 0.556. The Labute approximate surface area is 88.9 Å². The highest BCUT2D eigenvalue weighted by atomic mass is 15.3. The quantitative estimate of drug-likeness (QED) is 0.742. The summed E-state index contributed by atoms with van der Waals surface area (Å²) in [5, 5.41) is 16.8. The first kappa shape index (κ1) is 8.93. The second-order valence-corrected chi connectivity index (χ2v) is 4.34. The van der Waals surface area contributed by atoms with Crippen LogP contribution in [0.3, 0.4) is 0 Å². The lowest BCUT2D eigenvalue weighted by Gasteiger charge is -2.28. The molecule has 0 saturated heterocycles. The van der Waals surface area contributed by atoms with E-state index in [-0.39, 0.29) is 0 Å². The van der Waals surface area contributed by atoms with Gasteiger partial charge in [0.15, 0.2) is 5.69 Å². The zero-order chi connectivity index (χ0) is 10.3. The molecule has 0 radical (unpaired) electrons. The molecule has 1 N–H and O–H groups in total. The lowest BCUT2D eigenvalue weighted by molar-refractivity contribution is 0.279. The fourth-order valence-corrected chi connectivity index (χ4v) is 2.40. The topological polar surface area (TPSA) is 53.6 Å². The van der Waals surface area contributed by atoms with Crippen LogP contribution in [0.4, 0.5) is 0 Å². The maximum atomic E-state index is 9.03. The van der Waals surface area contributed by atoms with Crippen molar-refractivity contribution >= 4 is 0 Å². The third-order valence-electron chi connectivity index (χ3n) is 3.49. The lowest BCUT2D eigenvalue weighted by atomic mass is 9.93. The fourth-order valence-electron chi connectivity index (χ4n) is 2.40. The molecule has 2 aliphatic rings. The monoisotopic (exact) mass is 202 g/mol. The summed E-state index contributed by atoms with van der Waals surface area (Å²) in [6.07, 6.45) is 4.69. The van der Waals surface area contributed by atoms with Crippen LogP contribution in [0.1, 0.15) is 42.3 Å². The summed E-state index contributed by atoms with van der Waals surface area (Å²) in [5.41, 5.74) is 3.09. The minimum absolute atomic E-state index is 0.556. The first-order valence-corrected chi connectivity index (χ1v) is 5.61. The number of nitrogens with one attached hydrogen (secondary N) is 1. The van der Waals surface area contributed by atoms with Crippen LogP contribution in [0, 0.1) is 11.3 Å². The third kappa shape index (κ3) is 1.27. The SMILES string of the molecule is N#Cc1nn(C2CCC2)c2c1CCNC2. The van der Waals surface area contributed by atoms with Crippen molar-refractivity contribution in [1.82, 2.24) is 15.1 Å². The molecule has 0 aromatic carbocycles. The average Bonchev–Trinajstić information content (AvgIpc) is 2.55. The summed E-state index contributed by atoms with van der Waals surface area (Å²) in [4.78, 5) is 0. The maximum Gasteiger partial charge on any atom is 0.166 e. The Bertz CT molecular complexity index is 423. The molecule has 15 heavy (non-hydrogen) atoms. The van der Waals surface area contributed by atoms with E-state index in [1.54, 1.807) is 0 Å². The Morgan fingerprint density at radius 1 is 1.47 bits per heavy atom. The van der Waals surface area contributed by atoms with E-state index in [2.05, 4.69) is 21.2 Å². The molecule has 1 aliphatic heterocycles. The summed E-state index contributed by atoms with van der Waals surface area (Å²) >= 11 is 0. The molecule has 0 bridgehead atoms. The molecule has 3 rings (SSSR count). The molecule has 0 spiro atoms. The van der Waals surface area contributed by atoms with Gasteiger partial charge in [0.25, 0.3) is 0 Å². The van der Waals surface area contributed by atoms with Crippen LogP contribution in [0.15, 0.2) is 0 Å². The summed E-state index contributed by atoms with van der Waals surface area (Å²) in [6.45, 7) is 1.85. The fraction of sp³-hybridized carbons (Fsp3) is 0.636. The van der Waals surface area contributed by atoms with Gasteiger partial charge in [-0.3, -0.25) is 4.68 Å². The number of rotatable bonds is 1. The number of aromatic nitrogens is 2. The second-order valence-electron chi connectivity index (χ2n) is 4.34. The molecule has 78 valence electrons. The van der Waals surface area contributed by atoms with E-state index in [4.69, 9.17) is 5.26 Å². The standard InChI is InChI=1S/C11H14N4/c12-6-10-9-4-5-13-7-11(9)15(14-10)8-2-1-3-8/h8,13H,1-5,7H2. The molecule has 1 aromatic rings. The minimum Gasteiger partial charge on any atom is -0.311 e. The van der Waals surface area contributed by atoms with E-state index in [0.29, 0.717) is 11.7 Å². The van der Waals surface area contributed by atoms with E-state index in [0.717, 1.165) is 19.5 Å². The molecule has 4 heteroatoms. The highest BCUT2D eigenvalue weighted by molar-refractivity contribution is 5.37. The van der Waals surface area contributed by atoms with Gasteiger partial charge in [-0.05, 0) is 32.2 Å². The number of hydrogen-bond acceptors (Lipinski definition) is 3. The third-order valence-corrected chi connectivity index (χ3v) is 3.49. The first-order chi connectivity index (χ1) is 7.40. The predicted octanol–water partition coefficient (Wildman–Crippen LogP) is 1.13. The van der Waals surface area contributed by atoms with Gasteiger partial charge in [-0.2, -0.15) is 10.4 Å². The molecular formula is C11H14N4. The number of nitriles is 1. The van der Waals surface area contributed by atoms with Crippen LogP contribution >= 0.6 is 0 Å². The molecule has 1 aliphatic carbocycles. The molecule has 2 heterocycles. The van der Waals surface area contributed by atoms with Crippen LogP contribution in [-0.4, -0.2) is 16.3 Å². The first-order valence-electron chi connectivity index (χ1n) is 5.61. The van der Waals surface area contributed by atoms with Gasteiger partial charge in [-0.25, -0.2) is 0 Å². The van der Waals surface area contributed by atoms with E-state index < -0.39 is 0 Å². The van der Waals surface area contributed by atoms with Gasteiger partial charge in [0.05, 0.1) is 11.7 Å². The van der Waals surface area contributed by atoms with Crippen molar-refractivity contribution < 1.29 is 0 Å².